The SMILES string of the molecule is COc1cc(CC2=C(c3ccc4snnc4c3)C(=O)OC2(O)c2ccc(OC(F)F)cc2)cc(OC)c1OC. The number of benzene rings is 3. The molecule has 0 amide bonds. The number of ether oxygens (including phenoxy) is 5. The fourth-order valence-corrected chi connectivity index (χ4v) is 5.05. The van der Waals surface area contributed by atoms with E-state index in [1.165, 1.54) is 57.1 Å². The Morgan fingerprint density at radius 2 is 1.69 bits per heavy atom. The van der Waals surface area contributed by atoms with Crippen molar-refractivity contribution in [1.82, 2.24) is 9.59 Å². The van der Waals surface area contributed by atoms with Crippen LogP contribution in [0.5, 0.6) is 23.0 Å². The van der Waals surface area contributed by atoms with Gasteiger partial charge in [-0.25, -0.2) is 4.79 Å². The van der Waals surface area contributed by atoms with Gasteiger partial charge >= 0.3 is 12.6 Å². The third-order valence-electron chi connectivity index (χ3n) is 6.27. The van der Waals surface area contributed by atoms with Crippen molar-refractivity contribution in [3.8, 4) is 23.0 Å². The van der Waals surface area contributed by atoms with Crippen molar-refractivity contribution >= 4 is 33.3 Å². The minimum absolute atomic E-state index is 0.0247. The van der Waals surface area contributed by atoms with E-state index in [-0.39, 0.29) is 28.9 Å². The fourth-order valence-electron chi connectivity index (χ4n) is 4.51. The van der Waals surface area contributed by atoms with E-state index in [0.717, 1.165) is 4.70 Å². The number of nitrogens with zero attached hydrogens (tertiary/aromatic N) is 2. The Balaban J connectivity index is 1.67. The number of fused-ring (bicyclic) bond motifs is 1. The van der Waals surface area contributed by atoms with Gasteiger partial charge in [-0.1, -0.05) is 10.6 Å². The second-order valence-electron chi connectivity index (χ2n) is 8.46. The zero-order valence-electron chi connectivity index (χ0n) is 20.9. The van der Waals surface area contributed by atoms with Gasteiger partial charge in [0.15, 0.2) is 11.5 Å². The summed E-state index contributed by atoms with van der Waals surface area (Å²) in [6.07, 6.45) is 0.0247. The summed E-state index contributed by atoms with van der Waals surface area (Å²) in [5, 5.41) is 16.0. The van der Waals surface area contributed by atoms with Crippen LogP contribution >= 0.6 is 11.5 Å². The van der Waals surface area contributed by atoms with Crippen molar-refractivity contribution in [2.75, 3.05) is 21.3 Å². The van der Waals surface area contributed by atoms with Crippen LogP contribution in [0.2, 0.25) is 0 Å². The van der Waals surface area contributed by atoms with Crippen molar-refractivity contribution in [2.45, 2.75) is 18.8 Å². The molecule has 4 aromatic rings. The Kier molecular flexibility index (Phi) is 7.06. The van der Waals surface area contributed by atoms with Crippen LogP contribution < -0.4 is 18.9 Å². The molecule has 1 aliphatic heterocycles. The molecule has 202 valence electrons. The number of aliphatic hydroxyl groups is 1. The number of aromatic nitrogens is 2. The maximum Gasteiger partial charge on any atom is 0.387 e. The van der Waals surface area contributed by atoms with Crippen molar-refractivity contribution in [3.05, 3.63) is 76.9 Å². The third-order valence-corrected chi connectivity index (χ3v) is 6.97. The Bertz CT molecular complexity index is 1550. The van der Waals surface area contributed by atoms with Crippen LogP contribution in [0.25, 0.3) is 15.8 Å². The van der Waals surface area contributed by atoms with Crippen molar-refractivity contribution in [2.24, 2.45) is 0 Å². The van der Waals surface area contributed by atoms with Gasteiger partial charge in [-0.2, -0.15) is 8.78 Å². The maximum atomic E-state index is 13.3. The van der Waals surface area contributed by atoms with Gasteiger partial charge in [0.1, 0.15) is 11.3 Å². The van der Waals surface area contributed by atoms with E-state index in [2.05, 4.69) is 14.3 Å². The molecule has 1 unspecified atom stereocenters. The molecular formula is C27H22F2N2O7S. The molecule has 5 rings (SSSR count). The predicted molar refractivity (Wildman–Crippen MR) is 137 cm³/mol. The smallest absolute Gasteiger partial charge is 0.387 e. The molecule has 0 saturated heterocycles. The first-order chi connectivity index (χ1) is 18.8. The quantitative estimate of drug-likeness (QED) is 0.293. The second kappa shape index (κ2) is 10.5. The highest BCUT2D eigenvalue weighted by Crippen LogP contribution is 2.47. The second-order valence-corrected chi connectivity index (χ2v) is 9.24. The number of hydrogen-bond donors (Lipinski definition) is 1. The lowest BCUT2D eigenvalue weighted by molar-refractivity contribution is -0.185. The van der Waals surface area contributed by atoms with Gasteiger partial charge in [-0.3, -0.25) is 0 Å². The van der Waals surface area contributed by atoms with E-state index in [0.29, 0.717) is 33.9 Å². The lowest BCUT2D eigenvalue weighted by Gasteiger charge is -2.26. The summed E-state index contributed by atoms with van der Waals surface area (Å²) < 4.78 is 56.5. The van der Waals surface area contributed by atoms with E-state index in [4.69, 9.17) is 18.9 Å². The first kappa shape index (κ1) is 26.3. The van der Waals surface area contributed by atoms with Gasteiger partial charge in [-0.15, -0.1) is 5.10 Å². The summed E-state index contributed by atoms with van der Waals surface area (Å²) in [5.41, 5.74) is 2.15. The predicted octanol–water partition coefficient (Wildman–Crippen LogP) is 4.72. The number of hydrogen-bond acceptors (Lipinski definition) is 10. The van der Waals surface area contributed by atoms with Gasteiger partial charge in [0.05, 0.1) is 31.6 Å². The molecule has 0 radical (unpaired) electrons. The van der Waals surface area contributed by atoms with Crippen LogP contribution in [-0.4, -0.2) is 48.6 Å². The Hall–Kier alpha value is -4.29. The number of carbonyl (C=O) groups excluding carboxylic acids is 1. The average Bonchev–Trinajstić information content (AvgIpc) is 3.49. The number of rotatable bonds is 9. The number of methoxy groups -OCH3 is 3. The van der Waals surface area contributed by atoms with Gasteiger partial charge in [0, 0.05) is 17.6 Å². The highest BCUT2D eigenvalue weighted by molar-refractivity contribution is 7.12. The fraction of sp³-hybridized carbons (Fsp3) is 0.222. The summed E-state index contributed by atoms with van der Waals surface area (Å²) in [6.45, 7) is -3.01. The molecular weight excluding hydrogens is 534 g/mol. The van der Waals surface area contributed by atoms with Crippen molar-refractivity contribution in [1.29, 1.82) is 0 Å². The molecule has 9 nitrogen and oxygen atoms in total. The average molecular weight is 557 g/mol. The number of esters is 1. The Morgan fingerprint density at radius 3 is 2.31 bits per heavy atom. The maximum absolute atomic E-state index is 13.3. The van der Waals surface area contributed by atoms with Gasteiger partial charge < -0.3 is 28.8 Å². The topological polar surface area (TPSA) is 109 Å². The summed E-state index contributed by atoms with van der Waals surface area (Å²) in [5.74, 6) is -1.96. The molecule has 0 saturated carbocycles. The molecule has 12 heteroatoms. The lowest BCUT2D eigenvalue weighted by Crippen LogP contribution is -2.29. The number of cyclic esters (lactones) is 1. The van der Waals surface area contributed by atoms with Crippen LogP contribution in [0.3, 0.4) is 0 Å². The molecule has 0 bridgehead atoms. The third kappa shape index (κ3) is 4.84. The summed E-state index contributed by atoms with van der Waals surface area (Å²) in [7, 11) is 4.43. The minimum Gasteiger partial charge on any atom is -0.493 e. The Labute approximate surface area is 225 Å². The van der Waals surface area contributed by atoms with E-state index in [9.17, 15) is 18.7 Å². The van der Waals surface area contributed by atoms with Crippen LogP contribution in [0.1, 0.15) is 16.7 Å². The molecule has 0 spiro atoms. The monoisotopic (exact) mass is 556 g/mol. The van der Waals surface area contributed by atoms with Crippen LogP contribution in [0, 0.1) is 0 Å². The van der Waals surface area contributed by atoms with Gasteiger partial charge in [-0.05, 0) is 71.2 Å². The van der Waals surface area contributed by atoms with E-state index in [1.807, 2.05) is 0 Å². The molecule has 3 aromatic carbocycles. The number of alkyl halides is 2. The largest absolute Gasteiger partial charge is 0.493 e. The van der Waals surface area contributed by atoms with Crippen molar-refractivity contribution in [3.63, 3.8) is 0 Å². The highest BCUT2D eigenvalue weighted by Gasteiger charge is 2.48. The van der Waals surface area contributed by atoms with E-state index < -0.39 is 18.4 Å². The lowest BCUT2D eigenvalue weighted by atomic mass is 9.88. The first-order valence-corrected chi connectivity index (χ1v) is 12.3. The van der Waals surface area contributed by atoms with Crippen LogP contribution in [-0.2, 0) is 21.7 Å². The minimum atomic E-state index is -3.01. The molecule has 2 heterocycles. The molecule has 39 heavy (non-hydrogen) atoms. The summed E-state index contributed by atoms with van der Waals surface area (Å²) in [6, 6.07) is 13.8. The molecule has 1 N–H and O–H groups in total. The molecule has 1 aliphatic rings. The van der Waals surface area contributed by atoms with Gasteiger partial charge in [0.2, 0.25) is 5.75 Å². The van der Waals surface area contributed by atoms with E-state index in [1.54, 1.807) is 30.3 Å². The molecule has 1 atom stereocenters. The summed E-state index contributed by atoms with van der Waals surface area (Å²) in [4.78, 5) is 13.3. The standard InChI is InChI=1S/C27H22F2N2O7S/c1-34-20-11-14(12-21(35-2)24(20)36-3)10-18-23(15-4-9-22-19(13-15)30-31-39-22)25(32)38-27(18,33)16-5-7-17(8-6-16)37-26(28)29/h4-9,11-13,26,33H,10H2,1-3H3. The first-order valence-electron chi connectivity index (χ1n) is 11.5. The molecule has 0 aliphatic carbocycles. The summed E-state index contributed by atoms with van der Waals surface area (Å²) >= 11 is 1.21. The van der Waals surface area contributed by atoms with Gasteiger partial charge in [0.25, 0.3) is 5.79 Å². The van der Waals surface area contributed by atoms with E-state index >= 15 is 0 Å². The molecule has 1 aromatic heterocycles. The van der Waals surface area contributed by atoms with Crippen molar-refractivity contribution < 1.29 is 42.4 Å². The van der Waals surface area contributed by atoms with Crippen LogP contribution in [0.4, 0.5) is 8.78 Å². The zero-order valence-corrected chi connectivity index (χ0v) is 21.8. The normalized spacial score (nSPS) is 17.1. The number of halogens is 2. The highest BCUT2D eigenvalue weighted by atomic mass is 32.1. The molecule has 0 fully saturated rings. The van der Waals surface area contributed by atoms with Crippen LogP contribution in [0.15, 0.2) is 60.2 Å². The zero-order chi connectivity index (χ0) is 27.7. The number of carbonyl (C=O) groups is 1. The Morgan fingerprint density at radius 1 is 1.00 bits per heavy atom.